The lowest BCUT2D eigenvalue weighted by Gasteiger charge is -2.20. The van der Waals surface area contributed by atoms with E-state index in [4.69, 9.17) is 16.7 Å². The van der Waals surface area contributed by atoms with E-state index in [9.17, 15) is 9.59 Å². The van der Waals surface area contributed by atoms with Crippen LogP contribution in [-0.4, -0.2) is 36.3 Å². The van der Waals surface area contributed by atoms with Crippen LogP contribution in [0, 0.1) is 11.3 Å². The normalized spacial score (nSPS) is 10.1. The quantitative estimate of drug-likeness (QED) is 0.443. The minimum absolute atomic E-state index is 0.0178. The minimum atomic E-state index is -0.504. The summed E-state index contributed by atoms with van der Waals surface area (Å²) in [5, 5.41) is 11.0. The molecule has 0 aliphatic heterocycles. The zero-order valence-corrected chi connectivity index (χ0v) is 11.7. The van der Waals surface area contributed by atoms with Crippen LogP contribution in [0.15, 0.2) is 24.3 Å². The van der Waals surface area contributed by atoms with Gasteiger partial charge in [0, 0.05) is 18.8 Å². The maximum Gasteiger partial charge on any atom is 0.234 e. The van der Waals surface area contributed by atoms with Crippen LogP contribution in [0.5, 0.6) is 0 Å². The van der Waals surface area contributed by atoms with Gasteiger partial charge >= 0.3 is 0 Å². The topological polar surface area (TPSA) is 125 Å². The summed E-state index contributed by atoms with van der Waals surface area (Å²) in [5.41, 5.74) is 12.4. The van der Waals surface area contributed by atoms with Crippen molar-refractivity contribution in [3.63, 3.8) is 0 Å². The molecule has 0 saturated carbocycles. The van der Waals surface area contributed by atoms with Crippen molar-refractivity contribution in [2.75, 3.05) is 25.4 Å². The summed E-state index contributed by atoms with van der Waals surface area (Å²) in [6.45, 7) is 0.727. The minimum Gasteiger partial charge on any atom is -0.399 e. The van der Waals surface area contributed by atoms with Gasteiger partial charge < -0.3 is 16.8 Å². The second-order valence-electron chi connectivity index (χ2n) is 4.61. The number of hydrogen-bond acceptors (Lipinski definition) is 5. The Morgan fingerprint density at radius 1 is 1.24 bits per heavy atom. The van der Waals surface area contributed by atoms with E-state index >= 15 is 0 Å². The van der Waals surface area contributed by atoms with E-state index in [1.165, 1.54) is 0 Å². The first-order valence-corrected chi connectivity index (χ1v) is 6.50. The van der Waals surface area contributed by atoms with Crippen LogP contribution in [0.2, 0.25) is 0 Å². The highest BCUT2D eigenvalue weighted by Crippen LogP contribution is 2.08. The van der Waals surface area contributed by atoms with Gasteiger partial charge in [-0.2, -0.15) is 5.26 Å². The second-order valence-corrected chi connectivity index (χ2v) is 4.61. The Kier molecular flexibility index (Phi) is 6.71. The van der Waals surface area contributed by atoms with E-state index in [1.807, 2.05) is 18.2 Å². The number of carbonyl (C=O) groups excluding carboxylic acids is 2. The summed E-state index contributed by atoms with van der Waals surface area (Å²) in [5.74, 6) is -0.753. The molecule has 1 aromatic rings. The van der Waals surface area contributed by atoms with Gasteiger partial charge in [0.2, 0.25) is 11.8 Å². The number of primary amides is 1. The highest BCUT2D eigenvalue weighted by molar-refractivity contribution is 5.80. The van der Waals surface area contributed by atoms with Gasteiger partial charge in [-0.15, -0.1) is 0 Å². The van der Waals surface area contributed by atoms with Crippen molar-refractivity contribution in [2.45, 2.75) is 13.0 Å². The van der Waals surface area contributed by atoms with Crippen molar-refractivity contribution < 1.29 is 9.59 Å². The number of amides is 2. The molecule has 2 amide bonds. The Hall–Kier alpha value is -2.59. The third kappa shape index (κ3) is 6.94. The first kappa shape index (κ1) is 16.5. The number of anilines is 1. The monoisotopic (exact) mass is 289 g/mol. The van der Waals surface area contributed by atoms with E-state index < -0.39 is 5.91 Å². The summed E-state index contributed by atoms with van der Waals surface area (Å²) < 4.78 is 0. The molecule has 0 saturated heterocycles. The molecular formula is C14H19N5O2. The van der Waals surface area contributed by atoms with Crippen molar-refractivity contribution in [1.29, 1.82) is 5.26 Å². The standard InChI is InChI=1S/C14H19N5O2/c15-6-1-7-18-14(21)10-19(9-13(17)20)8-11-2-4-12(16)5-3-11/h2-5H,1,7-10,16H2,(H2,17,20)(H,18,21). The maximum atomic E-state index is 11.7. The third-order valence-electron chi connectivity index (χ3n) is 2.69. The number of hydrogen-bond donors (Lipinski definition) is 3. The maximum absolute atomic E-state index is 11.7. The average molecular weight is 289 g/mol. The first-order valence-electron chi connectivity index (χ1n) is 6.50. The SMILES string of the molecule is N#CCCNC(=O)CN(CC(N)=O)Cc1ccc(N)cc1. The molecule has 0 atom stereocenters. The molecule has 0 aromatic heterocycles. The van der Waals surface area contributed by atoms with Gasteiger partial charge in [-0.3, -0.25) is 14.5 Å². The molecular weight excluding hydrogens is 270 g/mol. The van der Waals surface area contributed by atoms with Gasteiger partial charge in [0.1, 0.15) is 0 Å². The molecule has 0 fully saturated rings. The fourth-order valence-corrected chi connectivity index (χ4v) is 1.79. The number of nitrogens with zero attached hydrogens (tertiary/aromatic N) is 2. The highest BCUT2D eigenvalue weighted by Gasteiger charge is 2.13. The molecule has 0 aliphatic carbocycles. The van der Waals surface area contributed by atoms with Crippen LogP contribution >= 0.6 is 0 Å². The largest absolute Gasteiger partial charge is 0.399 e. The van der Waals surface area contributed by atoms with E-state index in [0.29, 0.717) is 18.8 Å². The van der Waals surface area contributed by atoms with Gasteiger partial charge in [-0.05, 0) is 17.7 Å². The Bertz CT molecular complexity index is 521. The lowest BCUT2D eigenvalue weighted by molar-refractivity contribution is -0.124. The van der Waals surface area contributed by atoms with Gasteiger partial charge in [-0.25, -0.2) is 0 Å². The number of nitrogen functional groups attached to an aromatic ring is 1. The Morgan fingerprint density at radius 2 is 1.90 bits per heavy atom. The molecule has 21 heavy (non-hydrogen) atoms. The van der Waals surface area contributed by atoms with Crippen LogP contribution in [-0.2, 0) is 16.1 Å². The van der Waals surface area contributed by atoms with Crippen LogP contribution < -0.4 is 16.8 Å². The molecule has 0 unspecified atom stereocenters. The molecule has 112 valence electrons. The van der Waals surface area contributed by atoms with E-state index in [-0.39, 0.29) is 25.4 Å². The zero-order chi connectivity index (χ0) is 15.7. The predicted molar refractivity (Wildman–Crippen MR) is 78.6 cm³/mol. The van der Waals surface area contributed by atoms with Gasteiger partial charge in [-0.1, -0.05) is 12.1 Å². The molecule has 5 N–H and O–H groups in total. The molecule has 0 radical (unpaired) electrons. The fourth-order valence-electron chi connectivity index (χ4n) is 1.79. The highest BCUT2D eigenvalue weighted by atomic mass is 16.2. The molecule has 0 bridgehead atoms. The van der Waals surface area contributed by atoms with E-state index in [0.717, 1.165) is 5.56 Å². The number of nitrogens with two attached hydrogens (primary N) is 2. The summed E-state index contributed by atoms with van der Waals surface area (Å²) in [6, 6.07) is 9.11. The average Bonchev–Trinajstić information content (AvgIpc) is 2.41. The van der Waals surface area contributed by atoms with E-state index in [2.05, 4.69) is 5.32 Å². The van der Waals surface area contributed by atoms with Crippen molar-refractivity contribution in [3.05, 3.63) is 29.8 Å². The molecule has 7 heteroatoms. The van der Waals surface area contributed by atoms with Crippen molar-refractivity contribution in [1.82, 2.24) is 10.2 Å². The lowest BCUT2D eigenvalue weighted by Crippen LogP contribution is -2.41. The van der Waals surface area contributed by atoms with Crippen LogP contribution in [0.3, 0.4) is 0 Å². The number of carbonyl (C=O) groups is 2. The smallest absolute Gasteiger partial charge is 0.234 e. The van der Waals surface area contributed by atoms with Crippen molar-refractivity contribution in [3.8, 4) is 6.07 Å². The van der Waals surface area contributed by atoms with E-state index in [1.54, 1.807) is 17.0 Å². The lowest BCUT2D eigenvalue weighted by atomic mass is 10.2. The Labute approximate surface area is 123 Å². The Morgan fingerprint density at radius 3 is 2.48 bits per heavy atom. The van der Waals surface area contributed by atoms with Crippen molar-refractivity contribution >= 4 is 17.5 Å². The number of nitrogens with one attached hydrogen (secondary N) is 1. The Balaban J connectivity index is 2.58. The molecule has 0 aliphatic rings. The molecule has 1 aromatic carbocycles. The molecule has 1 rings (SSSR count). The molecule has 0 heterocycles. The van der Waals surface area contributed by atoms with Gasteiger partial charge in [0.05, 0.1) is 25.6 Å². The van der Waals surface area contributed by atoms with Crippen LogP contribution in [0.1, 0.15) is 12.0 Å². The predicted octanol–water partition coefficient (Wildman–Crippen LogP) is -0.414. The molecule has 0 spiro atoms. The number of nitriles is 1. The van der Waals surface area contributed by atoms with Crippen LogP contribution in [0.25, 0.3) is 0 Å². The zero-order valence-electron chi connectivity index (χ0n) is 11.7. The summed E-state index contributed by atoms with van der Waals surface area (Å²) in [4.78, 5) is 24.4. The number of rotatable bonds is 8. The summed E-state index contributed by atoms with van der Waals surface area (Å²) >= 11 is 0. The number of benzene rings is 1. The summed E-state index contributed by atoms with van der Waals surface area (Å²) in [7, 11) is 0. The second kappa shape index (κ2) is 8.55. The fraction of sp³-hybridized carbons (Fsp3) is 0.357. The van der Waals surface area contributed by atoms with Gasteiger partial charge in [0.25, 0.3) is 0 Å². The van der Waals surface area contributed by atoms with Gasteiger partial charge in [0.15, 0.2) is 0 Å². The molecule has 7 nitrogen and oxygen atoms in total. The third-order valence-corrected chi connectivity index (χ3v) is 2.69. The van der Waals surface area contributed by atoms with Crippen molar-refractivity contribution in [2.24, 2.45) is 5.73 Å². The summed E-state index contributed by atoms with van der Waals surface area (Å²) in [6.07, 6.45) is 0.250. The van der Waals surface area contributed by atoms with Crippen LogP contribution in [0.4, 0.5) is 5.69 Å². The first-order chi connectivity index (χ1) is 10.0.